The van der Waals surface area contributed by atoms with Crippen LogP contribution in [-0.4, -0.2) is 24.0 Å². The van der Waals surface area contributed by atoms with E-state index < -0.39 is 5.97 Å². The molecule has 0 fully saturated rings. The zero-order valence-corrected chi connectivity index (χ0v) is 11.6. The molecule has 2 rings (SSSR count). The van der Waals surface area contributed by atoms with Gasteiger partial charge in [0, 0.05) is 17.3 Å². The summed E-state index contributed by atoms with van der Waals surface area (Å²) >= 11 is 1.25. The fourth-order valence-corrected chi connectivity index (χ4v) is 2.61. The van der Waals surface area contributed by atoms with Crippen LogP contribution in [0.4, 0.5) is 5.69 Å². The van der Waals surface area contributed by atoms with Gasteiger partial charge in [0.2, 0.25) is 5.91 Å². The minimum absolute atomic E-state index is 0.342. The standard InChI is InChI=1S/C14H12N2O3S/c1-3-12(17)16-10-8-11(9-4-6-15-7-5-9)20-13(10)14(18)19-2/h3-8H,1H2,2H3,(H,16,17). The van der Waals surface area contributed by atoms with Gasteiger partial charge in [-0.25, -0.2) is 4.79 Å². The van der Waals surface area contributed by atoms with Crippen molar-refractivity contribution in [3.8, 4) is 10.4 Å². The molecule has 1 amide bonds. The number of nitrogens with one attached hydrogen (secondary N) is 1. The number of hydrogen-bond donors (Lipinski definition) is 1. The van der Waals surface area contributed by atoms with Crippen LogP contribution >= 0.6 is 11.3 Å². The molecule has 20 heavy (non-hydrogen) atoms. The van der Waals surface area contributed by atoms with Gasteiger partial charge in [0.05, 0.1) is 12.8 Å². The molecule has 0 saturated heterocycles. The topological polar surface area (TPSA) is 68.3 Å². The molecule has 0 radical (unpaired) electrons. The van der Waals surface area contributed by atoms with Crippen molar-refractivity contribution in [3.05, 3.63) is 48.1 Å². The highest BCUT2D eigenvalue weighted by molar-refractivity contribution is 7.18. The minimum Gasteiger partial charge on any atom is -0.465 e. The van der Waals surface area contributed by atoms with Crippen molar-refractivity contribution in [2.45, 2.75) is 0 Å². The summed E-state index contributed by atoms with van der Waals surface area (Å²) in [7, 11) is 1.30. The van der Waals surface area contributed by atoms with Crippen LogP contribution in [-0.2, 0) is 9.53 Å². The van der Waals surface area contributed by atoms with Crippen molar-refractivity contribution in [3.63, 3.8) is 0 Å². The van der Waals surface area contributed by atoms with E-state index in [1.54, 1.807) is 18.5 Å². The Balaban J connectivity index is 2.44. The van der Waals surface area contributed by atoms with Crippen LogP contribution in [0.15, 0.2) is 43.2 Å². The maximum Gasteiger partial charge on any atom is 0.350 e. The van der Waals surface area contributed by atoms with E-state index in [9.17, 15) is 9.59 Å². The maximum absolute atomic E-state index is 11.7. The highest BCUT2D eigenvalue weighted by Gasteiger charge is 2.18. The molecule has 1 N–H and O–H groups in total. The van der Waals surface area contributed by atoms with Crippen molar-refractivity contribution in [1.29, 1.82) is 0 Å². The highest BCUT2D eigenvalue weighted by atomic mass is 32.1. The lowest BCUT2D eigenvalue weighted by atomic mass is 10.2. The smallest absolute Gasteiger partial charge is 0.350 e. The first-order valence-electron chi connectivity index (χ1n) is 5.71. The van der Waals surface area contributed by atoms with Gasteiger partial charge >= 0.3 is 5.97 Å². The fraction of sp³-hybridized carbons (Fsp3) is 0.0714. The number of esters is 1. The number of methoxy groups -OCH3 is 1. The van der Waals surface area contributed by atoms with Gasteiger partial charge in [-0.05, 0) is 29.8 Å². The predicted octanol–water partition coefficient (Wildman–Crippen LogP) is 2.72. The van der Waals surface area contributed by atoms with Crippen molar-refractivity contribution in [2.75, 3.05) is 12.4 Å². The van der Waals surface area contributed by atoms with Crippen LogP contribution in [0.25, 0.3) is 10.4 Å². The Bertz CT molecular complexity index is 650. The Morgan fingerprint density at radius 3 is 2.70 bits per heavy atom. The molecule has 0 atom stereocenters. The van der Waals surface area contributed by atoms with E-state index in [4.69, 9.17) is 4.74 Å². The summed E-state index contributed by atoms with van der Waals surface area (Å²) in [5.41, 5.74) is 1.33. The summed E-state index contributed by atoms with van der Waals surface area (Å²) in [5, 5.41) is 2.60. The third kappa shape index (κ3) is 2.92. The zero-order chi connectivity index (χ0) is 14.5. The molecule has 0 bridgehead atoms. The Labute approximate surface area is 119 Å². The summed E-state index contributed by atoms with van der Waals surface area (Å²) < 4.78 is 4.72. The summed E-state index contributed by atoms with van der Waals surface area (Å²) in [4.78, 5) is 28.3. The van der Waals surface area contributed by atoms with Gasteiger partial charge in [0.25, 0.3) is 0 Å². The van der Waals surface area contributed by atoms with E-state index in [2.05, 4.69) is 16.9 Å². The second-order valence-electron chi connectivity index (χ2n) is 3.77. The summed E-state index contributed by atoms with van der Waals surface area (Å²) in [6, 6.07) is 5.38. The summed E-state index contributed by atoms with van der Waals surface area (Å²) in [6.45, 7) is 3.38. The average Bonchev–Trinajstić information content (AvgIpc) is 2.91. The lowest BCUT2D eigenvalue weighted by molar-refractivity contribution is -0.111. The number of amides is 1. The predicted molar refractivity (Wildman–Crippen MR) is 77.7 cm³/mol. The van der Waals surface area contributed by atoms with Crippen molar-refractivity contribution in [1.82, 2.24) is 4.98 Å². The number of carbonyl (C=O) groups is 2. The van der Waals surface area contributed by atoms with Crippen molar-refractivity contribution >= 4 is 28.9 Å². The van der Waals surface area contributed by atoms with Gasteiger partial charge in [-0.3, -0.25) is 9.78 Å². The normalized spacial score (nSPS) is 9.85. The lowest BCUT2D eigenvalue weighted by Gasteiger charge is -2.01. The number of rotatable bonds is 4. The number of thiophene rings is 1. The maximum atomic E-state index is 11.7. The number of hydrogen-bond acceptors (Lipinski definition) is 5. The Kier molecular flexibility index (Phi) is 4.27. The van der Waals surface area contributed by atoms with Gasteiger partial charge in [0.15, 0.2) is 0 Å². The van der Waals surface area contributed by atoms with E-state index in [1.165, 1.54) is 18.4 Å². The third-order valence-electron chi connectivity index (χ3n) is 2.51. The quantitative estimate of drug-likeness (QED) is 0.694. The van der Waals surface area contributed by atoms with Gasteiger partial charge in [-0.15, -0.1) is 11.3 Å². The van der Waals surface area contributed by atoms with Gasteiger partial charge < -0.3 is 10.1 Å². The van der Waals surface area contributed by atoms with Crippen LogP contribution in [0, 0.1) is 0 Å². The molecule has 2 aromatic rings. The van der Waals surface area contributed by atoms with Gasteiger partial charge in [-0.1, -0.05) is 6.58 Å². The van der Waals surface area contributed by atoms with Crippen molar-refractivity contribution in [2.24, 2.45) is 0 Å². The van der Waals surface area contributed by atoms with Gasteiger partial charge in [-0.2, -0.15) is 0 Å². The van der Waals surface area contributed by atoms with E-state index in [1.807, 2.05) is 12.1 Å². The fourth-order valence-electron chi connectivity index (χ4n) is 1.57. The first kappa shape index (κ1) is 14.0. The first-order chi connectivity index (χ1) is 9.65. The molecule has 0 aromatic carbocycles. The Morgan fingerprint density at radius 1 is 1.40 bits per heavy atom. The molecular weight excluding hydrogens is 276 g/mol. The monoisotopic (exact) mass is 288 g/mol. The second kappa shape index (κ2) is 6.12. The Morgan fingerprint density at radius 2 is 2.10 bits per heavy atom. The van der Waals surface area contributed by atoms with Crippen LogP contribution in [0.5, 0.6) is 0 Å². The molecule has 6 heteroatoms. The average molecular weight is 288 g/mol. The molecule has 2 aromatic heterocycles. The lowest BCUT2D eigenvalue weighted by Crippen LogP contribution is -2.10. The molecule has 0 aliphatic carbocycles. The number of aromatic nitrogens is 1. The van der Waals surface area contributed by atoms with Gasteiger partial charge in [0.1, 0.15) is 4.88 Å². The molecule has 0 aliphatic heterocycles. The summed E-state index contributed by atoms with van der Waals surface area (Å²) in [6.07, 6.45) is 4.47. The number of nitrogens with zero attached hydrogens (tertiary/aromatic N) is 1. The van der Waals surface area contributed by atoms with Crippen LogP contribution in [0.1, 0.15) is 9.67 Å². The molecule has 0 spiro atoms. The molecule has 0 saturated carbocycles. The first-order valence-corrected chi connectivity index (χ1v) is 6.53. The van der Waals surface area contributed by atoms with E-state index in [-0.39, 0.29) is 5.91 Å². The third-order valence-corrected chi connectivity index (χ3v) is 3.68. The zero-order valence-electron chi connectivity index (χ0n) is 10.8. The van der Waals surface area contributed by atoms with E-state index in [0.717, 1.165) is 16.5 Å². The molecule has 2 heterocycles. The molecule has 0 aliphatic rings. The summed E-state index contributed by atoms with van der Waals surface area (Å²) in [5.74, 6) is -0.871. The van der Waals surface area contributed by atoms with Crippen LogP contribution < -0.4 is 5.32 Å². The van der Waals surface area contributed by atoms with E-state index >= 15 is 0 Å². The largest absolute Gasteiger partial charge is 0.465 e. The number of pyridine rings is 1. The minimum atomic E-state index is -0.491. The molecular formula is C14H12N2O3S. The number of ether oxygens (including phenoxy) is 1. The Hall–Kier alpha value is -2.47. The number of anilines is 1. The molecule has 102 valence electrons. The highest BCUT2D eigenvalue weighted by Crippen LogP contribution is 2.35. The van der Waals surface area contributed by atoms with Crippen LogP contribution in [0.3, 0.4) is 0 Å². The van der Waals surface area contributed by atoms with E-state index in [0.29, 0.717) is 10.6 Å². The van der Waals surface area contributed by atoms with Crippen molar-refractivity contribution < 1.29 is 14.3 Å². The second-order valence-corrected chi connectivity index (χ2v) is 4.83. The van der Waals surface area contributed by atoms with Crippen LogP contribution in [0.2, 0.25) is 0 Å². The SMILES string of the molecule is C=CC(=O)Nc1cc(-c2ccncc2)sc1C(=O)OC. The molecule has 0 unspecified atom stereocenters. The molecule has 5 nitrogen and oxygen atoms in total. The number of carbonyl (C=O) groups excluding carboxylic acids is 2.